The maximum absolute atomic E-state index is 2.67. The fourth-order valence-corrected chi connectivity index (χ4v) is 3.85. The molecule has 3 nitrogen and oxygen atoms in total. The van der Waals surface area contributed by atoms with Crippen LogP contribution in [0.5, 0.6) is 0 Å². The Hall–Kier alpha value is -0.0551. The fourth-order valence-electron chi connectivity index (χ4n) is 3.85. The van der Waals surface area contributed by atoms with E-state index in [1.165, 1.54) is 0 Å². The van der Waals surface area contributed by atoms with Crippen LogP contribution in [0.25, 0.3) is 0 Å². The van der Waals surface area contributed by atoms with Gasteiger partial charge in [0.1, 0.15) is 0 Å². The van der Waals surface area contributed by atoms with Crippen molar-refractivity contribution in [2.24, 2.45) is 0 Å². The van der Waals surface area contributed by atoms with Crippen LogP contribution in [-0.4, -0.2) is 57.8 Å². The highest BCUT2D eigenvalue weighted by Crippen LogP contribution is 2.23. The second kappa shape index (κ2) is 9.29. The number of hydrogen-bond donors (Lipinski definition) is 0. The average molecular weight is 311 g/mol. The van der Waals surface area contributed by atoms with E-state index in [9.17, 15) is 0 Å². The Bertz CT molecular complexity index is 229. The summed E-state index contributed by atoms with van der Waals surface area (Å²) in [6.45, 7) is 27.9. The molecule has 0 amide bonds. The first-order valence-electron chi connectivity index (χ1n) is 9.25. The van der Waals surface area contributed by atoms with Crippen LogP contribution in [0.2, 0.25) is 0 Å². The molecule has 0 aromatic heterocycles. The lowest BCUT2D eigenvalue weighted by Crippen LogP contribution is -2.71. The second-order valence-corrected chi connectivity index (χ2v) is 8.25. The second-order valence-electron chi connectivity index (χ2n) is 8.25. The molecule has 0 aliphatic heterocycles. The number of hydrogen-bond acceptors (Lipinski definition) is 3. The van der Waals surface area contributed by atoms with Gasteiger partial charge in [-0.15, -0.1) is 0 Å². The maximum atomic E-state index is 2.67. The van der Waals surface area contributed by atoms with Crippen molar-refractivity contribution in [2.75, 3.05) is 0 Å². The van der Waals surface area contributed by atoms with Crippen LogP contribution >= 0.6 is 0 Å². The van der Waals surface area contributed by atoms with Crippen molar-refractivity contribution in [1.82, 2.24) is 14.4 Å². The molecule has 0 spiro atoms. The van der Waals surface area contributed by atoms with Gasteiger partial charge >= 0.3 is 7.12 Å². The zero-order valence-corrected chi connectivity index (χ0v) is 17.4. The molecule has 0 aliphatic carbocycles. The highest BCUT2D eigenvalue weighted by atomic mass is 15.4. The van der Waals surface area contributed by atoms with Crippen LogP contribution in [0.4, 0.5) is 0 Å². The van der Waals surface area contributed by atoms with Gasteiger partial charge in [0.2, 0.25) is 0 Å². The van der Waals surface area contributed by atoms with Crippen molar-refractivity contribution in [3.05, 3.63) is 0 Å². The van der Waals surface area contributed by atoms with Crippen molar-refractivity contribution < 1.29 is 0 Å². The van der Waals surface area contributed by atoms with Crippen LogP contribution in [0.15, 0.2) is 0 Å². The van der Waals surface area contributed by atoms with Crippen molar-refractivity contribution in [1.29, 1.82) is 0 Å². The predicted octanol–water partition coefficient (Wildman–Crippen LogP) is 4.33. The molecule has 0 atom stereocenters. The lowest BCUT2D eigenvalue weighted by atomic mass is 9.75. The minimum atomic E-state index is 0.333. The summed E-state index contributed by atoms with van der Waals surface area (Å²) in [7, 11) is 0.333. The Kier molecular flexibility index (Phi) is 9.27. The molecular formula is C18H42BN3. The van der Waals surface area contributed by atoms with Gasteiger partial charge in [0.15, 0.2) is 0 Å². The normalized spacial score (nSPS) is 13.5. The van der Waals surface area contributed by atoms with Gasteiger partial charge < -0.3 is 14.4 Å². The molecule has 22 heavy (non-hydrogen) atoms. The van der Waals surface area contributed by atoms with E-state index in [2.05, 4.69) is 97.5 Å². The van der Waals surface area contributed by atoms with Gasteiger partial charge in [-0.25, -0.2) is 0 Å². The number of nitrogens with zero attached hydrogens (tertiary/aromatic N) is 3. The number of rotatable bonds is 9. The smallest absolute Gasteiger partial charge is 0.309 e. The Morgan fingerprint density at radius 2 is 0.500 bits per heavy atom. The molecule has 0 unspecified atom stereocenters. The van der Waals surface area contributed by atoms with Gasteiger partial charge in [-0.2, -0.15) is 0 Å². The van der Waals surface area contributed by atoms with E-state index in [4.69, 9.17) is 0 Å². The molecule has 0 saturated carbocycles. The summed E-state index contributed by atoms with van der Waals surface area (Å²) >= 11 is 0. The predicted molar refractivity (Wildman–Crippen MR) is 102 cm³/mol. The molecule has 0 aromatic rings. The van der Waals surface area contributed by atoms with Crippen molar-refractivity contribution in [2.45, 2.75) is 119 Å². The lowest BCUT2D eigenvalue weighted by molar-refractivity contribution is 0.151. The van der Waals surface area contributed by atoms with Crippen LogP contribution < -0.4 is 0 Å². The Morgan fingerprint density at radius 1 is 0.364 bits per heavy atom. The monoisotopic (exact) mass is 311 g/mol. The first-order valence-corrected chi connectivity index (χ1v) is 9.25. The molecule has 4 heteroatoms. The standard InChI is InChI=1S/C18H42BN3/c1-13(2)20(14(3)4)19(21(15(5)6)16(7)8)22(17(9)10)18(11)12/h13-18H,1-12H3. The van der Waals surface area contributed by atoms with E-state index >= 15 is 0 Å². The minimum Gasteiger partial charge on any atom is -0.309 e. The third kappa shape index (κ3) is 5.54. The third-order valence-corrected chi connectivity index (χ3v) is 4.38. The topological polar surface area (TPSA) is 9.72 Å². The van der Waals surface area contributed by atoms with Crippen molar-refractivity contribution in [3.8, 4) is 0 Å². The Labute approximate surface area is 141 Å². The van der Waals surface area contributed by atoms with Crippen LogP contribution in [0, 0.1) is 0 Å². The molecule has 0 N–H and O–H groups in total. The summed E-state index contributed by atoms with van der Waals surface area (Å²) in [6, 6.07) is 3.11. The summed E-state index contributed by atoms with van der Waals surface area (Å²) in [5.41, 5.74) is 0. The quantitative estimate of drug-likeness (QED) is 0.587. The Balaban J connectivity index is 6.03. The molecule has 0 heterocycles. The molecule has 0 saturated heterocycles. The fraction of sp³-hybridized carbons (Fsp3) is 1.00. The first-order chi connectivity index (χ1) is 9.93. The largest absolute Gasteiger partial charge is 0.404 e. The van der Waals surface area contributed by atoms with Gasteiger partial charge in [-0.3, -0.25) is 0 Å². The van der Waals surface area contributed by atoms with Crippen LogP contribution in [-0.2, 0) is 0 Å². The zero-order chi connectivity index (χ0) is 17.8. The van der Waals surface area contributed by atoms with Gasteiger partial charge in [0, 0.05) is 0 Å². The molecule has 132 valence electrons. The molecule has 0 bridgehead atoms. The molecule has 0 rings (SSSR count). The average Bonchev–Trinajstić information content (AvgIpc) is 2.24. The van der Waals surface area contributed by atoms with E-state index < -0.39 is 0 Å². The summed E-state index contributed by atoms with van der Waals surface area (Å²) in [5.74, 6) is 0. The Morgan fingerprint density at radius 3 is 0.591 bits per heavy atom. The minimum absolute atomic E-state index is 0.333. The molecule has 0 aliphatic rings. The van der Waals surface area contributed by atoms with Gasteiger partial charge in [0.05, 0.1) is 0 Å². The van der Waals surface area contributed by atoms with Gasteiger partial charge in [-0.05, 0) is 36.3 Å². The van der Waals surface area contributed by atoms with E-state index in [1.54, 1.807) is 0 Å². The van der Waals surface area contributed by atoms with E-state index in [0.717, 1.165) is 0 Å². The van der Waals surface area contributed by atoms with Crippen LogP contribution in [0.3, 0.4) is 0 Å². The van der Waals surface area contributed by atoms with E-state index in [1.807, 2.05) is 0 Å². The summed E-state index contributed by atoms with van der Waals surface area (Å²) in [4.78, 5) is 8.00. The van der Waals surface area contributed by atoms with Gasteiger partial charge in [-0.1, -0.05) is 83.1 Å². The summed E-state index contributed by atoms with van der Waals surface area (Å²) in [6.07, 6.45) is 0. The first kappa shape index (κ1) is 21.9. The van der Waals surface area contributed by atoms with Crippen molar-refractivity contribution >= 4 is 7.12 Å². The summed E-state index contributed by atoms with van der Waals surface area (Å²) in [5, 5.41) is 0. The summed E-state index contributed by atoms with van der Waals surface area (Å²) < 4.78 is 0. The SMILES string of the molecule is CC(C)N(B(N(C(C)C)C(C)C)N(C(C)C)C(C)C)C(C)C. The van der Waals surface area contributed by atoms with Crippen molar-refractivity contribution in [3.63, 3.8) is 0 Å². The molecule has 0 fully saturated rings. The third-order valence-electron chi connectivity index (χ3n) is 4.38. The highest BCUT2D eigenvalue weighted by Gasteiger charge is 2.43. The maximum Gasteiger partial charge on any atom is 0.404 e. The van der Waals surface area contributed by atoms with E-state index in [-0.39, 0.29) is 0 Å². The molecular weight excluding hydrogens is 269 g/mol. The zero-order valence-electron chi connectivity index (χ0n) is 17.4. The highest BCUT2D eigenvalue weighted by molar-refractivity contribution is 6.50. The van der Waals surface area contributed by atoms with Crippen LogP contribution in [0.1, 0.15) is 83.1 Å². The van der Waals surface area contributed by atoms with E-state index in [0.29, 0.717) is 43.4 Å². The molecule has 0 radical (unpaired) electrons. The lowest BCUT2D eigenvalue weighted by Gasteiger charge is -2.51. The van der Waals surface area contributed by atoms with Gasteiger partial charge in [0.25, 0.3) is 0 Å². The molecule has 0 aromatic carbocycles.